The zero-order valence-corrected chi connectivity index (χ0v) is 11.6. The van der Waals surface area contributed by atoms with Crippen LogP contribution in [0.5, 0.6) is 0 Å². The third-order valence-corrected chi connectivity index (χ3v) is 2.91. The average molecular weight is 280 g/mol. The Morgan fingerprint density at radius 3 is 2.45 bits per heavy atom. The van der Waals surface area contributed by atoms with Gasteiger partial charge in [-0.05, 0) is 31.5 Å². The summed E-state index contributed by atoms with van der Waals surface area (Å²) in [5.74, 6) is 0. The standard InChI is InChI=1S/C14H20N2O4/c1-10(2)7-8-15-13(9-17)14(18)11-3-5-12(6-4-11)16(19)20/h3-7,13-15,17-18H,8-9H2,1-2H3. The maximum atomic E-state index is 10.6. The van der Waals surface area contributed by atoms with E-state index < -0.39 is 17.1 Å². The molecule has 2 unspecified atom stereocenters. The molecule has 1 rings (SSSR count). The smallest absolute Gasteiger partial charge is 0.269 e. The molecule has 2 atom stereocenters. The van der Waals surface area contributed by atoms with Gasteiger partial charge in [-0.2, -0.15) is 0 Å². The predicted octanol–water partition coefficient (Wildman–Crippen LogP) is 1.54. The number of allylic oxidation sites excluding steroid dienone is 1. The molecule has 0 fully saturated rings. The SMILES string of the molecule is CC(C)=CCNC(CO)C(O)c1ccc([N+](=O)[O-])cc1. The number of non-ortho nitro benzene ring substituents is 1. The lowest BCUT2D eigenvalue weighted by Gasteiger charge is -2.22. The van der Waals surface area contributed by atoms with Crippen LogP contribution in [0, 0.1) is 10.1 Å². The number of nitro benzene ring substituents is 1. The molecule has 110 valence electrons. The molecule has 0 bridgehead atoms. The van der Waals surface area contributed by atoms with Gasteiger partial charge in [-0.25, -0.2) is 0 Å². The van der Waals surface area contributed by atoms with Gasteiger partial charge >= 0.3 is 0 Å². The first-order valence-corrected chi connectivity index (χ1v) is 6.35. The van der Waals surface area contributed by atoms with E-state index in [1.807, 2.05) is 19.9 Å². The van der Waals surface area contributed by atoms with Crippen molar-refractivity contribution >= 4 is 5.69 Å². The van der Waals surface area contributed by atoms with Gasteiger partial charge in [0.1, 0.15) is 0 Å². The number of hydrogen-bond donors (Lipinski definition) is 3. The van der Waals surface area contributed by atoms with Crippen molar-refractivity contribution < 1.29 is 15.1 Å². The van der Waals surface area contributed by atoms with Crippen LogP contribution in [0.25, 0.3) is 0 Å². The highest BCUT2D eigenvalue weighted by atomic mass is 16.6. The molecule has 0 aliphatic heterocycles. The van der Waals surface area contributed by atoms with Crippen LogP contribution < -0.4 is 5.32 Å². The van der Waals surface area contributed by atoms with E-state index in [0.717, 1.165) is 5.57 Å². The summed E-state index contributed by atoms with van der Waals surface area (Å²) in [6, 6.07) is 5.14. The topological polar surface area (TPSA) is 95.6 Å². The molecule has 0 aliphatic carbocycles. The molecular weight excluding hydrogens is 260 g/mol. The Morgan fingerprint density at radius 2 is 2.00 bits per heavy atom. The predicted molar refractivity (Wildman–Crippen MR) is 76.4 cm³/mol. The summed E-state index contributed by atoms with van der Waals surface area (Å²) in [5, 5.41) is 33.1. The van der Waals surface area contributed by atoms with Crippen LogP contribution in [0.15, 0.2) is 35.9 Å². The van der Waals surface area contributed by atoms with Gasteiger partial charge in [-0.1, -0.05) is 11.6 Å². The molecule has 0 heterocycles. The Labute approximate surface area is 117 Å². The minimum Gasteiger partial charge on any atom is -0.395 e. The van der Waals surface area contributed by atoms with E-state index in [1.165, 1.54) is 24.3 Å². The highest BCUT2D eigenvalue weighted by Crippen LogP contribution is 2.20. The van der Waals surface area contributed by atoms with Gasteiger partial charge in [0.05, 0.1) is 23.7 Å². The van der Waals surface area contributed by atoms with Crippen molar-refractivity contribution in [3.05, 3.63) is 51.6 Å². The molecule has 0 saturated carbocycles. The van der Waals surface area contributed by atoms with Crippen molar-refractivity contribution in [1.29, 1.82) is 0 Å². The molecule has 0 aliphatic rings. The fourth-order valence-corrected chi connectivity index (χ4v) is 1.72. The molecule has 1 aromatic rings. The number of benzene rings is 1. The fraction of sp³-hybridized carbons (Fsp3) is 0.429. The van der Waals surface area contributed by atoms with Crippen molar-refractivity contribution in [2.75, 3.05) is 13.2 Å². The van der Waals surface area contributed by atoms with Gasteiger partial charge in [-0.3, -0.25) is 10.1 Å². The number of nitrogens with zero attached hydrogens (tertiary/aromatic N) is 1. The molecule has 0 spiro atoms. The van der Waals surface area contributed by atoms with Gasteiger partial charge in [0.2, 0.25) is 0 Å². The van der Waals surface area contributed by atoms with E-state index in [-0.39, 0.29) is 12.3 Å². The molecule has 6 nitrogen and oxygen atoms in total. The first kappa shape index (κ1) is 16.3. The Kier molecular flexibility index (Phi) is 6.30. The second-order valence-electron chi connectivity index (χ2n) is 4.77. The van der Waals surface area contributed by atoms with Gasteiger partial charge in [0.25, 0.3) is 5.69 Å². The van der Waals surface area contributed by atoms with Crippen LogP contribution in [0.2, 0.25) is 0 Å². The Morgan fingerprint density at radius 1 is 1.40 bits per heavy atom. The highest BCUT2D eigenvalue weighted by Gasteiger charge is 2.20. The van der Waals surface area contributed by atoms with Crippen LogP contribution in [-0.4, -0.2) is 34.3 Å². The second-order valence-corrected chi connectivity index (χ2v) is 4.77. The van der Waals surface area contributed by atoms with Gasteiger partial charge < -0.3 is 15.5 Å². The van der Waals surface area contributed by atoms with Crippen molar-refractivity contribution in [3.8, 4) is 0 Å². The van der Waals surface area contributed by atoms with E-state index in [4.69, 9.17) is 0 Å². The molecule has 0 saturated heterocycles. The Hall–Kier alpha value is -1.76. The molecule has 0 radical (unpaired) electrons. The minimum atomic E-state index is -0.925. The summed E-state index contributed by atoms with van der Waals surface area (Å²) >= 11 is 0. The maximum absolute atomic E-state index is 10.6. The van der Waals surface area contributed by atoms with Gasteiger partial charge in [0.15, 0.2) is 0 Å². The van der Waals surface area contributed by atoms with Crippen LogP contribution in [0.4, 0.5) is 5.69 Å². The summed E-state index contributed by atoms with van der Waals surface area (Å²) in [4.78, 5) is 10.1. The van der Waals surface area contributed by atoms with Crippen molar-refractivity contribution in [2.45, 2.75) is 26.0 Å². The number of nitro groups is 1. The van der Waals surface area contributed by atoms with Crippen LogP contribution in [-0.2, 0) is 0 Å². The first-order chi connectivity index (χ1) is 9.45. The van der Waals surface area contributed by atoms with E-state index in [2.05, 4.69) is 5.32 Å². The lowest BCUT2D eigenvalue weighted by molar-refractivity contribution is -0.384. The number of hydrogen-bond acceptors (Lipinski definition) is 5. The van der Waals surface area contributed by atoms with Crippen molar-refractivity contribution in [3.63, 3.8) is 0 Å². The van der Waals surface area contributed by atoms with E-state index >= 15 is 0 Å². The molecule has 0 aromatic heterocycles. The maximum Gasteiger partial charge on any atom is 0.269 e. The van der Waals surface area contributed by atoms with Crippen molar-refractivity contribution in [1.82, 2.24) is 5.32 Å². The summed E-state index contributed by atoms with van der Waals surface area (Å²) in [5.41, 5.74) is 1.64. The normalized spacial score (nSPS) is 13.6. The molecule has 0 amide bonds. The van der Waals surface area contributed by atoms with E-state index in [0.29, 0.717) is 12.1 Å². The fourth-order valence-electron chi connectivity index (χ4n) is 1.72. The van der Waals surface area contributed by atoms with E-state index in [1.54, 1.807) is 0 Å². The Balaban J connectivity index is 2.72. The largest absolute Gasteiger partial charge is 0.395 e. The minimum absolute atomic E-state index is 0.0287. The lowest BCUT2D eigenvalue weighted by atomic mass is 10.0. The van der Waals surface area contributed by atoms with Gasteiger partial charge in [-0.15, -0.1) is 0 Å². The number of aliphatic hydroxyl groups excluding tert-OH is 2. The van der Waals surface area contributed by atoms with E-state index in [9.17, 15) is 20.3 Å². The summed E-state index contributed by atoms with van der Waals surface area (Å²) in [7, 11) is 0. The Bertz CT molecular complexity index is 467. The monoisotopic (exact) mass is 280 g/mol. The van der Waals surface area contributed by atoms with Crippen LogP contribution >= 0.6 is 0 Å². The second kappa shape index (κ2) is 7.74. The molecule has 3 N–H and O–H groups in total. The molecule has 20 heavy (non-hydrogen) atoms. The number of aliphatic hydroxyl groups is 2. The third kappa shape index (κ3) is 4.73. The summed E-state index contributed by atoms with van der Waals surface area (Å²) in [6.07, 6.45) is 1.02. The molecule has 6 heteroatoms. The molecular formula is C14H20N2O4. The van der Waals surface area contributed by atoms with Crippen LogP contribution in [0.1, 0.15) is 25.5 Å². The third-order valence-electron chi connectivity index (χ3n) is 2.91. The first-order valence-electron chi connectivity index (χ1n) is 6.35. The lowest BCUT2D eigenvalue weighted by Crippen LogP contribution is -2.38. The molecule has 1 aromatic carbocycles. The van der Waals surface area contributed by atoms with Gasteiger partial charge in [0, 0.05) is 18.7 Å². The quantitative estimate of drug-likeness (QED) is 0.400. The highest BCUT2D eigenvalue weighted by molar-refractivity contribution is 5.34. The zero-order valence-electron chi connectivity index (χ0n) is 11.6. The number of nitrogens with one attached hydrogen (secondary N) is 1. The summed E-state index contributed by atoms with van der Waals surface area (Å²) in [6.45, 7) is 4.23. The summed E-state index contributed by atoms with van der Waals surface area (Å²) < 4.78 is 0. The average Bonchev–Trinajstić information content (AvgIpc) is 2.42. The van der Waals surface area contributed by atoms with Crippen molar-refractivity contribution in [2.24, 2.45) is 0 Å². The zero-order chi connectivity index (χ0) is 15.1. The number of rotatable bonds is 7. The van der Waals surface area contributed by atoms with Crippen LogP contribution in [0.3, 0.4) is 0 Å².